The lowest BCUT2D eigenvalue weighted by atomic mass is 10.4. The Balaban J connectivity index is 3.54. The van der Waals surface area contributed by atoms with Crippen LogP contribution in [0.15, 0.2) is 0 Å². The van der Waals surface area contributed by atoms with Gasteiger partial charge in [-0.05, 0) is 6.92 Å². The molecule has 0 radical (unpaired) electrons. The van der Waals surface area contributed by atoms with Crippen molar-refractivity contribution in [2.45, 2.75) is 13.0 Å². The minimum Gasteiger partial charge on any atom is -0.382 e. The maximum absolute atomic E-state index is 10.4. The molecule has 0 aromatic carbocycles. The molecule has 64 valence electrons. The fourth-order valence-corrected chi connectivity index (χ4v) is 0.191. The molecule has 1 unspecified atom stereocenters. The van der Waals surface area contributed by atoms with Gasteiger partial charge < -0.3 is 10.8 Å². The molecule has 1 atom stereocenters. The molecule has 0 aromatic rings. The lowest BCUT2D eigenvalue weighted by Gasteiger charge is -2.02. The van der Waals surface area contributed by atoms with Crippen molar-refractivity contribution in [2.75, 3.05) is 6.54 Å². The quantitative estimate of drug-likeness (QED) is 0.373. The molecule has 0 rings (SSSR count). The predicted molar refractivity (Wildman–Crippen MR) is 32.9 cm³/mol. The van der Waals surface area contributed by atoms with Crippen LogP contribution in [0, 0.1) is 0 Å². The number of aliphatic hydroxyl groups excluding tert-OH is 1. The van der Waals surface area contributed by atoms with Crippen LogP contribution in [0.5, 0.6) is 0 Å². The molecule has 0 aromatic heterocycles. The van der Waals surface area contributed by atoms with Gasteiger partial charge in [-0.1, -0.05) is 0 Å². The molecular weight excluding hydrogens is 154 g/mol. The van der Waals surface area contributed by atoms with E-state index in [1.54, 1.807) is 0 Å². The van der Waals surface area contributed by atoms with Gasteiger partial charge in [-0.25, -0.2) is 19.4 Å². The van der Waals surface area contributed by atoms with Crippen molar-refractivity contribution in [3.05, 3.63) is 0 Å². The molecule has 0 aliphatic heterocycles. The van der Waals surface area contributed by atoms with Crippen LogP contribution >= 0.6 is 0 Å². The maximum Gasteiger partial charge on any atom is 0.383 e. The third-order valence-electron chi connectivity index (χ3n) is 0.725. The maximum atomic E-state index is 10.4. The molecule has 0 aliphatic rings. The molecule has 0 saturated heterocycles. The summed E-state index contributed by atoms with van der Waals surface area (Å²) in [6.45, 7) is 0.797. The Hall–Kier alpha value is -1.14. The Morgan fingerprint density at radius 2 is 2.09 bits per heavy atom. The van der Waals surface area contributed by atoms with E-state index >= 15 is 0 Å². The average Bonchev–Trinajstić information content (AvgIpc) is 1.99. The molecule has 0 aliphatic carbocycles. The molecule has 0 fully saturated rings. The van der Waals surface area contributed by atoms with Gasteiger partial charge in [0.1, 0.15) is 0 Å². The minimum atomic E-state index is -1.32. The summed E-state index contributed by atoms with van der Waals surface area (Å²) in [7, 11) is 0. The summed E-state index contributed by atoms with van der Waals surface area (Å²) in [6, 6.07) is 0. The molecule has 0 spiro atoms. The third kappa shape index (κ3) is 4.29. The summed E-state index contributed by atoms with van der Waals surface area (Å²) in [4.78, 5) is 28.3. The monoisotopic (exact) mass is 163 g/mol. The standard InChI is InChI=1S/C5H9NO5/c1-3(7)5(9)11-10-4(8)2-6/h3,7H,2,6H2,1H3. The fourth-order valence-electron chi connectivity index (χ4n) is 0.191. The van der Waals surface area contributed by atoms with Crippen molar-refractivity contribution in [1.29, 1.82) is 0 Å². The van der Waals surface area contributed by atoms with Gasteiger partial charge in [-0.3, -0.25) is 0 Å². The van der Waals surface area contributed by atoms with Crippen molar-refractivity contribution in [3.63, 3.8) is 0 Å². The van der Waals surface area contributed by atoms with Gasteiger partial charge in [-0.15, -0.1) is 0 Å². The molecule has 3 N–H and O–H groups in total. The minimum absolute atomic E-state index is 0.382. The molecule has 6 heteroatoms. The topological polar surface area (TPSA) is 98.9 Å². The highest BCUT2D eigenvalue weighted by Crippen LogP contribution is 1.87. The van der Waals surface area contributed by atoms with Crippen LogP contribution < -0.4 is 5.73 Å². The summed E-state index contributed by atoms with van der Waals surface area (Å²) in [6.07, 6.45) is -1.32. The number of hydrogen-bond acceptors (Lipinski definition) is 6. The second-order valence-corrected chi connectivity index (χ2v) is 1.74. The van der Waals surface area contributed by atoms with Crippen LogP contribution in [0.2, 0.25) is 0 Å². The van der Waals surface area contributed by atoms with E-state index in [4.69, 9.17) is 10.8 Å². The van der Waals surface area contributed by atoms with Gasteiger partial charge in [0.25, 0.3) is 0 Å². The third-order valence-corrected chi connectivity index (χ3v) is 0.725. The van der Waals surface area contributed by atoms with E-state index in [1.807, 2.05) is 0 Å². The van der Waals surface area contributed by atoms with Gasteiger partial charge in [0.05, 0.1) is 6.54 Å². The first kappa shape index (κ1) is 9.86. The molecule has 6 nitrogen and oxygen atoms in total. The summed E-state index contributed by atoms with van der Waals surface area (Å²) in [5.74, 6) is -1.91. The highest BCUT2D eigenvalue weighted by atomic mass is 17.2. The van der Waals surface area contributed by atoms with Crippen LogP contribution in [-0.4, -0.2) is 29.7 Å². The number of carbonyl (C=O) groups excluding carboxylic acids is 2. The van der Waals surface area contributed by atoms with E-state index in [-0.39, 0.29) is 6.54 Å². The Kier molecular flexibility index (Phi) is 4.16. The SMILES string of the molecule is CC(O)C(=O)OOC(=O)CN. The number of aliphatic hydroxyl groups is 1. The summed E-state index contributed by atoms with van der Waals surface area (Å²) >= 11 is 0. The molecule has 0 amide bonds. The average molecular weight is 163 g/mol. The Labute approximate surface area is 62.8 Å². The van der Waals surface area contributed by atoms with E-state index in [0.717, 1.165) is 0 Å². The molecular formula is C5H9NO5. The molecule has 0 heterocycles. The van der Waals surface area contributed by atoms with E-state index < -0.39 is 18.0 Å². The van der Waals surface area contributed by atoms with E-state index in [9.17, 15) is 9.59 Å². The zero-order valence-electron chi connectivity index (χ0n) is 5.94. The zero-order valence-corrected chi connectivity index (χ0v) is 5.94. The number of rotatable bonds is 2. The number of nitrogens with two attached hydrogens (primary N) is 1. The molecule has 0 saturated carbocycles. The highest BCUT2D eigenvalue weighted by molar-refractivity contribution is 5.76. The summed E-state index contributed by atoms with van der Waals surface area (Å²) < 4.78 is 0. The Morgan fingerprint density at radius 1 is 1.55 bits per heavy atom. The van der Waals surface area contributed by atoms with Crippen molar-refractivity contribution in [3.8, 4) is 0 Å². The fraction of sp³-hybridized carbons (Fsp3) is 0.600. The van der Waals surface area contributed by atoms with Gasteiger partial charge in [0, 0.05) is 0 Å². The number of hydrogen-bond donors (Lipinski definition) is 2. The van der Waals surface area contributed by atoms with Gasteiger partial charge in [0.2, 0.25) is 0 Å². The largest absolute Gasteiger partial charge is 0.383 e. The van der Waals surface area contributed by atoms with Crippen LogP contribution in [0.3, 0.4) is 0 Å². The van der Waals surface area contributed by atoms with Crippen LogP contribution in [0.25, 0.3) is 0 Å². The summed E-state index contributed by atoms with van der Waals surface area (Å²) in [5.41, 5.74) is 4.81. The van der Waals surface area contributed by atoms with Crippen molar-refractivity contribution < 1.29 is 24.5 Å². The first-order chi connectivity index (χ1) is 5.07. The lowest BCUT2D eigenvalue weighted by Crippen LogP contribution is -2.24. The lowest BCUT2D eigenvalue weighted by molar-refractivity contribution is -0.262. The van der Waals surface area contributed by atoms with Crippen molar-refractivity contribution >= 4 is 11.9 Å². The van der Waals surface area contributed by atoms with Crippen LogP contribution in [0.1, 0.15) is 6.92 Å². The first-order valence-corrected chi connectivity index (χ1v) is 2.87. The van der Waals surface area contributed by atoms with E-state index in [0.29, 0.717) is 0 Å². The molecule has 11 heavy (non-hydrogen) atoms. The number of carbonyl (C=O) groups is 2. The Morgan fingerprint density at radius 3 is 2.45 bits per heavy atom. The van der Waals surface area contributed by atoms with Crippen LogP contribution in [0.4, 0.5) is 0 Å². The zero-order chi connectivity index (χ0) is 8.85. The normalized spacial score (nSPS) is 11.9. The predicted octanol–water partition coefficient (Wildman–Crippen LogP) is -1.67. The van der Waals surface area contributed by atoms with Gasteiger partial charge >= 0.3 is 11.9 Å². The van der Waals surface area contributed by atoms with E-state index in [2.05, 4.69) is 9.78 Å². The second kappa shape index (κ2) is 4.64. The smallest absolute Gasteiger partial charge is 0.382 e. The Bertz CT molecular complexity index is 155. The second-order valence-electron chi connectivity index (χ2n) is 1.74. The van der Waals surface area contributed by atoms with Crippen LogP contribution in [-0.2, 0) is 19.4 Å². The van der Waals surface area contributed by atoms with Gasteiger partial charge in [-0.2, -0.15) is 0 Å². The van der Waals surface area contributed by atoms with Crippen molar-refractivity contribution in [2.24, 2.45) is 5.73 Å². The first-order valence-electron chi connectivity index (χ1n) is 2.87. The van der Waals surface area contributed by atoms with Gasteiger partial charge in [0.15, 0.2) is 6.10 Å². The highest BCUT2D eigenvalue weighted by Gasteiger charge is 2.13. The summed E-state index contributed by atoms with van der Waals surface area (Å²) in [5, 5.41) is 8.51. The molecule has 0 bridgehead atoms. The van der Waals surface area contributed by atoms with Crippen molar-refractivity contribution in [1.82, 2.24) is 0 Å². The van der Waals surface area contributed by atoms with E-state index in [1.165, 1.54) is 6.92 Å².